The van der Waals surface area contributed by atoms with Crippen molar-refractivity contribution in [3.63, 3.8) is 0 Å². The zero-order valence-corrected chi connectivity index (χ0v) is 16.1. The van der Waals surface area contributed by atoms with Crippen LogP contribution in [0, 0.1) is 10.1 Å². The van der Waals surface area contributed by atoms with Crippen molar-refractivity contribution in [2.45, 2.75) is 13.3 Å². The third-order valence-corrected chi connectivity index (χ3v) is 3.75. The number of ether oxygens (including phenoxy) is 2. The van der Waals surface area contributed by atoms with Crippen molar-refractivity contribution in [1.82, 2.24) is 5.43 Å². The zero-order valence-electron chi connectivity index (χ0n) is 16.1. The van der Waals surface area contributed by atoms with E-state index in [4.69, 9.17) is 9.47 Å². The predicted molar refractivity (Wildman–Crippen MR) is 106 cm³/mol. The summed E-state index contributed by atoms with van der Waals surface area (Å²) in [6.07, 6.45) is -0.159. The predicted octanol–water partition coefficient (Wildman–Crippen LogP) is 2.75. The Bertz CT molecular complexity index is 935. The number of nitrogens with zero attached hydrogens (tertiary/aromatic N) is 2. The summed E-state index contributed by atoms with van der Waals surface area (Å²) < 4.78 is 10.2. The Balaban J connectivity index is 2.01. The van der Waals surface area contributed by atoms with E-state index < -0.39 is 16.7 Å². The maximum atomic E-state index is 12.3. The average Bonchev–Trinajstić information content (AvgIpc) is 2.71. The molecule has 29 heavy (non-hydrogen) atoms. The van der Waals surface area contributed by atoms with Crippen LogP contribution in [-0.2, 0) is 4.79 Å². The Morgan fingerprint density at radius 1 is 1.10 bits per heavy atom. The van der Waals surface area contributed by atoms with Gasteiger partial charge in [-0.3, -0.25) is 19.7 Å². The highest BCUT2D eigenvalue weighted by Gasteiger charge is 2.15. The molecule has 0 atom stereocenters. The van der Waals surface area contributed by atoms with Crippen molar-refractivity contribution in [3.8, 4) is 11.5 Å². The maximum absolute atomic E-state index is 12.3. The van der Waals surface area contributed by atoms with E-state index in [0.29, 0.717) is 17.2 Å². The van der Waals surface area contributed by atoms with Gasteiger partial charge in [0.2, 0.25) is 5.91 Å². The van der Waals surface area contributed by atoms with Gasteiger partial charge < -0.3 is 14.8 Å². The summed E-state index contributed by atoms with van der Waals surface area (Å²) in [5.74, 6) is -0.128. The summed E-state index contributed by atoms with van der Waals surface area (Å²) >= 11 is 0. The van der Waals surface area contributed by atoms with E-state index in [0.717, 1.165) is 0 Å². The van der Waals surface area contributed by atoms with Gasteiger partial charge in [-0.25, -0.2) is 5.43 Å². The summed E-state index contributed by atoms with van der Waals surface area (Å²) in [5.41, 5.74) is 2.80. The van der Waals surface area contributed by atoms with E-state index in [-0.39, 0.29) is 23.4 Å². The number of amides is 2. The number of para-hydroxylation sites is 2. The quantitative estimate of drug-likeness (QED) is 0.398. The minimum atomic E-state index is -0.584. The second-order valence-corrected chi connectivity index (χ2v) is 5.89. The molecule has 0 unspecified atom stereocenters. The standard InChI is InChI=1S/C19H20N4O6/c1-12(8-18(24)20-16-6-4-5-7-17(16)23(26)27)21-22-19(25)13-9-14(28-2)11-15(10-13)29-3/h4-7,9-11H,8H2,1-3H3,(H,20,24)(H,22,25)/b21-12+. The first-order chi connectivity index (χ1) is 13.8. The molecule has 0 aliphatic heterocycles. The molecule has 10 heteroatoms. The van der Waals surface area contributed by atoms with Gasteiger partial charge in [-0.15, -0.1) is 0 Å². The molecule has 0 bridgehead atoms. The van der Waals surface area contributed by atoms with Gasteiger partial charge in [0.25, 0.3) is 11.6 Å². The number of carbonyl (C=O) groups excluding carboxylic acids is 2. The van der Waals surface area contributed by atoms with Crippen LogP contribution in [0.4, 0.5) is 11.4 Å². The lowest BCUT2D eigenvalue weighted by molar-refractivity contribution is -0.383. The van der Waals surface area contributed by atoms with Crippen LogP contribution in [0.1, 0.15) is 23.7 Å². The van der Waals surface area contributed by atoms with Gasteiger partial charge >= 0.3 is 0 Å². The summed E-state index contributed by atoms with van der Waals surface area (Å²) in [6.45, 7) is 1.55. The topological polar surface area (TPSA) is 132 Å². The first-order valence-corrected chi connectivity index (χ1v) is 8.44. The molecule has 2 aromatic rings. The maximum Gasteiger partial charge on any atom is 0.292 e. The summed E-state index contributed by atoms with van der Waals surface area (Å²) in [7, 11) is 2.93. The van der Waals surface area contributed by atoms with Gasteiger partial charge in [0, 0.05) is 23.4 Å². The number of hydrazone groups is 1. The molecule has 0 spiro atoms. The normalized spacial score (nSPS) is 10.8. The number of nitro groups is 1. The van der Waals surface area contributed by atoms with Gasteiger partial charge in [0.05, 0.1) is 25.6 Å². The molecule has 0 radical (unpaired) electrons. The van der Waals surface area contributed by atoms with E-state index >= 15 is 0 Å². The van der Waals surface area contributed by atoms with E-state index in [1.54, 1.807) is 19.1 Å². The third kappa shape index (κ3) is 6.03. The molecular weight excluding hydrogens is 380 g/mol. The Morgan fingerprint density at radius 2 is 1.72 bits per heavy atom. The van der Waals surface area contributed by atoms with Crippen LogP contribution in [0.3, 0.4) is 0 Å². The van der Waals surface area contributed by atoms with Crippen molar-refractivity contribution >= 4 is 28.9 Å². The van der Waals surface area contributed by atoms with Gasteiger partial charge in [-0.2, -0.15) is 5.10 Å². The number of carbonyl (C=O) groups is 2. The first kappa shape index (κ1) is 21.4. The molecule has 10 nitrogen and oxygen atoms in total. The SMILES string of the molecule is COc1cc(OC)cc(C(=O)N/N=C(\C)CC(=O)Nc2ccccc2[N+](=O)[O-])c1. The largest absolute Gasteiger partial charge is 0.497 e. The van der Waals surface area contributed by atoms with Crippen molar-refractivity contribution in [3.05, 3.63) is 58.1 Å². The highest BCUT2D eigenvalue weighted by Crippen LogP contribution is 2.23. The number of nitrogens with one attached hydrogen (secondary N) is 2. The monoisotopic (exact) mass is 400 g/mol. The van der Waals surface area contributed by atoms with Crippen LogP contribution < -0.4 is 20.2 Å². The lowest BCUT2D eigenvalue weighted by Crippen LogP contribution is -2.21. The minimum absolute atomic E-state index is 0.0859. The lowest BCUT2D eigenvalue weighted by atomic mass is 10.2. The molecule has 2 rings (SSSR count). The fourth-order valence-electron chi connectivity index (χ4n) is 2.35. The lowest BCUT2D eigenvalue weighted by Gasteiger charge is -2.08. The number of anilines is 1. The Kier molecular flexibility index (Phi) is 7.24. The van der Waals surface area contributed by atoms with Gasteiger partial charge in [-0.1, -0.05) is 12.1 Å². The van der Waals surface area contributed by atoms with E-state index in [1.807, 2.05) is 0 Å². The van der Waals surface area contributed by atoms with Gasteiger partial charge in [-0.05, 0) is 25.1 Å². The number of methoxy groups -OCH3 is 2. The Labute approximate surface area is 166 Å². The number of rotatable bonds is 8. The smallest absolute Gasteiger partial charge is 0.292 e. The molecule has 2 N–H and O–H groups in total. The Hall–Kier alpha value is -3.95. The van der Waals surface area contributed by atoms with Crippen LogP contribution in [0.2, 0.25) is 0 Å². The third-order valence-electron chi connectivity index (χ3n) is 3.75. The van der Waals surface area contributed by atoms with Crippen LogP contribution in [0.15, 0.2) is 47.6 Å². The summed E-state index contributed by atoms with van der Waals surface area (Å²) in [6, 6.07) is 10.5. The van der Waals surface area contributed by atoms with E-state index in [9.17, 15) is 19.7 Å². The molecule has 0 fully saturated rings. The zero-order chi connectivity index (χ0) is 21.4. The van der Waals surface area contributed by atoms with Crippen molar-refractivity contribution in [1.29, 1.82) is 0 Å². The van der Waals surface area contributed by atoms with Crippen LogP contribution in [0.25, 0.3) is 0 Å². The molecular formula is C19H20N4O6. The summed E-state index contributed by atoms with van der Waals surface area (Å²) in [5, 5.41) is 17.4. The highest BCUT2D eigenvalue weighted by atomic mass is 16.6. The summed E-state index contributed by atoms with van der Waals surface area (Å²) in [4.78, 5) is 34.8. The van der Waals surface area contributed by atoms with E-state index in [2.05, 4.69) is 15.8 Å². The fraction of sp³-hybridized carbons (Fsp3) is 0.211. The van der Waals surface area contributed by atoms with Crippen LogP contribution in [-0.4, -0.2) is 36.7 Å². The van der Waals surface area contributed by atoms with Crippen LogP contribution in [0.5, 0.6) is 11.5 Å². The molecule has 0 saturated carbocycles. The molecule has 0 saturated heterocycles. The van der Waals surface area contributed by atoms with Crippen molar-refractivity contribution < 1.29 is 24.0 Å². The molecule has 2 aromatic carbocycles. The number of nitro benzene ring substituents is 1. The highest BCUT2D eigenvalue weighted by molar-refractivity contribution is 6.06. The minimum Gasteiger partial charge on any atom is -0.497 e. The number of hydrogen-bond acceptors (Lipinski definition) is 7. The van der Waals surface area contributed by atoms with Crippen molar-refractivity contribution in [2.75, 3.05) is 19.5 Å². The Morgan fingerprint density at radius 3 is 2.31 bits per heavy atom. The molecule has 0 aromatic heterocycles. The molecule has 0 aliphatic rings. The second kappa shape index (κ2) is 9.83. The number of benzene rings is 2. The first-order valence-electron chi connectivity index (χ1n) is 8.44. The average molecular weight is 400 g/mol. The van der Waals surface area contributed by atoms with Gasteiger partial charge in [0.15, 0.2) is 0 Å². The number of hydrogen-bond donors (Lipinski definition) is 2. The van der Waals surface area contributed by atoms with E-state index in [1.165, 1.54) is 44.6 Å². The molecule has 0 heterocycles. The second-order valence-electron chi connectivity index (χ2n) is 5.89. The molecule has 152 valence electrons. The fourth-order valence-corrected chi connectivity index (χ4v) is 2.35. The van der Waals surface area contributed by atoms with Gasteiger partial charge in [0.1, 0.15) is 17.2 Å². The van der Waals surface area contributed by atoms with Crippen LogP contribution >= 0.6 is 0 Å². The van der Waals surface area contributed by atoms with Crippen molar-refractivity contribution in [2.24, 2.45) is 5.10 Å². The molecule has 2 amide bonds. The molecule has 0 aliphatic carbocycles.